The van der Waals surface area contributed by atoms with E-state index in [9.17, 15) is 0 Å². The molecule has 0 amide bonds. The van der Waals surface area contributed by atoms with E-state index in [2.05, 4.69) is 15.0 Å². The van der Waals surface area contributed by atoms with Crippen molar-refractivity contribution in [3.05, 3.63) is 47.5 Å². The van der Waals surface area contributed by atoms with Gasteiger partial charge in [0, 0.05) is 11.4 Å². The molecule has 0 aliphatic carbocycles. The molecule has 90 valence electrons. The minimum atomic E-state index is 0.693. The number of para-hydroxylation sites is 2. The van der Waals surface area contributed by atoms with Crippen LogP contribution in [0.2, 0.25) is 0 Å². The van der Waals surface area contributed by atoms with Gasteiger partial charge in [0.2, 0.25) is 5.95 Å². The van der Waals surface area contributed by atoms with Crippen LogP contribution in [0.15, 0.2) is 30.3 Å². The Labute approximate surface area is 105 Å². The van der Waals surface area contributed by atoms with Crippen LogP contribution >= 0.6 is 0 Å². The topological polar surface area (TPSA) is 43.6 Å². The Balaban J connectivity index is 2.34. The molecule has 4 heteroatoms. The molecule has 1 aromatic carbocycles. The first-order valence-electron chi connectivity index (χ1n) is 5.92. The third-order valence-corrected chi connectivity index (χ3v) is 2.90. The molecular formula is C14H14N4. The molecule has 3 aromatic rings. The number of aromatic nitrogens is 4. The first-order valence-corrected chi connectivity index (χ1v) is 5.92. The standard InChI is InChI=1S/C14H14N4/c1-9-8-10(2)16-14(15-9)18-11(3)17-12-6-4-5-7-13(12)18/h4-8H,1-3H3. The second kappa shape index (κ2) is 3.91. The van der Waals surface area contributed by atoms with Gasteiger partial charge in [-0.1, -0.05) is 12.1 Å². The Kier molecular flexibility index (Phi) is 2.37. The highest BCUT2D eigenvalue weighted by Crippen LogP contribution is 2.19. The number of benzene rings is 1. The van der Waals surface area contributed by atoms with Crippen molar-refractivity contribution in [3.63, 3.8) is 0 Å². The first kappa shape index (κ1) is 10.9. The normalized spacial score (nSPS) is 11.1. The molecule has 2 aromatic heterocycles. The van der Waals surface area contributed by atoms with Crippen molar-refractivity contribution < 1.29 is 0 Å². The molecule has 0 N–H and O–H groups in total. The van der Waals surface area contributed by atoms with Crippen LogP contribution in [0, 0.1) is 20.8 Å². The predicted molar refractivity (Wildman–Crippen MR) is 70.9 cm³/mol. The van der Waals surface area contributed by atoms with E-state index in [1.165, 1.54) is 0 Å². The van der Waals surface area contributed by atoms with Crippen LogP contribution in [-0.2, 0) is 0 Å². The van der Waals surface area contributed by atoms with Crippen LogP contribution in [-0.4, -0.2) is 19.5 Å². The lowest BCUT2D eigenvalue weighted by Crippen LogP contribution is -2.05. The van der Waals surface area contributed by atoms with Crippen molar-refractivity contribution in [2.45, 2.75) is 20.8 Å². The van der Waals surface area contributed by atoms with E-state index in [-0.39, 0.29) is 0 Å². The van der Waals surface area contributed by atoms with Crippen molar-refractivity contribution in [3.8, 4) is 5.95 Å². The fraction of sp³-hybridized carbons (Fsp3) is 0.214. The lowest BCUT2D eigenvalue weighted by molar-refractivity contribution is 0.878. The molecular weight excluding hydrogens is 224 g/mol. The second-order valence-electron chi connectivity index (χ2n) is 4.43. The largest absolute Gasteiger partial charge is 0.264 e. The van der Waals surface area contributed by atoms with Gasteiger partial charge >= 0.3 is 0 Å². The fourth-order valence-corrected chi connectivity index (χ4v) is 2.21. The molecule has 0 aliphatic rings. The van der Waals surface area contributed by atoms with Gasteiger partial charge in [0.25, 0.3) is 0 Å². The molecule has 0 bridgehead atoms. The van der Waals surface area contributed by atoms with E-state index in [1.54, 1.807) is 0 Å². The van der Waals surface area contributed by atoms with Crippen LogP contribution in [0.5, 0.6) is 0 Å². The lowest BCUT2D eigenvalue weighted by atomic mass is 10.3. The van der Waals surface area contributed by atoms with Crippen molar-refractivity contribution >= 4 is 11.0 Å². The molecule has 0 spiro atoms. The maximum Gasteiger partial charge on any atom is 0.236 e. The maximum absolute atomic E-state index is 4.53. The zero-order valence-corrected chi connectivity index (χ0v) is 10.7. The zero-order chi connectivity index (χ0) is 12.7. The van der Waals surface area contributed by atoms with Gasteiger partial charge in [-0.3, -0.25) is 4.57 Å². The van der Waals surface area contributed by atoms with E-state index in [0.717, 1.165) is 28.2 Å². The van der Waals surface area contributed by atoms with E-state index in [4.69, 9.17) is 0 Å². The number of fused-ring (bicyclic) bond motifs is 1. The van der Waals surface area contributed by atoms with E-state index < -0.39 is 0 Å². The Hall–Kier alpha value is -2.23. The summed E-state index contributed by atoms with van der Waals surface area (Å²) in [6.07, 6.45) is 0. The molecule has 0 saturated heterocycles. The minimum Gasteiger partial charge on any atom is -0.264 e. The van der Waals surface area contributed by atoms with Gasteiger partial charge in [0.1, 0.15) is 5.82 Å². The van der Waals surface area contributed by atoms with Crippen LogP contribution in [0.25, 0.3) is 17.0 Å². The molecule has 4 nitrogen and oxygen atoms in total. The summed E-state index contributed by atoms with van der Waals surface area (Å²) >= 11 is 0. The summed E-state index contributed by atoms with van der Waals surface area (Å²) in [4.78, 5) is 13.5. The van der Waals surface area contributed by atoms with Crippen molar-refractivity contribution in [2.24, 2.45) is 0 Å². The molecule has 2 heterocycles. The van der Waals surface area contributed by atoms with Crippen LogP contribution in [0.3, 0.4) is 0 Å². The fourth-order valence-electron chi connectivity index (χ4n) is 2.21. The van der Waals surface area contributed by atoms with E-state index in [1.807, 2.05) is 55.7 Å². The van der Waals surface area contributed by atoms with Gasteiger partial charge in [0.05, 0.1) is 11.0 Å². The van der Waals surface area contributed by atoms with Gasteiger partial charge in [-0.2, -0.15) is 0 Å². The third-order valence-electron chi connectivity index (χ3n) is 2.90. The summed E-state index contributed by atoms with van der Waals surface area (Å²) in [6.45, 7) is 5.93. The molecule has 0 unspecified atom stereocenters. The smallest absolute Gasteiger partial charge is 0.236 e. The highest BCUT2D eigenvalue weighted by molar-refractivity contribution is 5.77. The molecule has 3 rings (SSSR count). The summed E-state index contributed by atoms with van der Waals surface area (Å²) in [5.74, 6) is 1.60. The maximum atomic E-state index is 4.53. The molecule has 0 radical (unpaired) electrons. The summed E-state index contributed by atoms with van der Waals surface area (Å²) in [7, 11) is 0. The van der Waals surface area contributed by atoms with Crippen LogP contribution in [0.4, 0.5) is 0 Å². The molecule has 0 fully saturated rings. The van der Waals surface area contributed by atoms with Crippen LogP contribution < -0.4 is 0 Å². The summed E-state index contributed by atoms with van der Waals surface area (Å²) < 4.78 is 2.00. The second-order valence-corrected chi connectivity index (χ2v) is 4.43. The summed E-state index contributed by atoms with van der Waals surface area (Å²) in [5, 5.41) is 0. The minimum absolute atomic E-state index is 0.693. The average Bonchev–Trinajstić information content (AvgIpc) is 2.63. The highest BCUT2D eigenvalue weighted by Gasteiger charge is 2.11. The average molecular weight is 238 g/mol. The molecule has 0 atom stereocenters. The van der Waals surface area contributed by atoms with Gasteiger partial charge in [-0.15, -0.1) is 0 Å². The van der Waals surface area contributed by atoms with Crippen molar-refractivity contribution in [1.29, 1.82) is 0 Å². The number of hydrogen-bond donors (Lipinski definition) is 0. The Morgan fingerprint density at radius 2 is 1.56 bits per heavy atom. The van der Waals surface area contributed by atoms with Gasteiger partial charge in [-0.05, 0) is 39.0 Å². The van der Waals surface area contributed by atoms with E-state index in [0.29, 0.717) is 5.95 Å². The monoisotopic (exact) mass is 238 g/mol. The lowest BCUT2D eigenvalue weighted by Gasteiger charge is -2.06. The molecule has 18 heavy (non-hydrogen) atoms. The van der Waals surface area contributed by atoms with Gasteiger partial charge < -0.3 is 0 Å². The number of rotatable bonds is 1. The van der Waals surface area contributed by atoms with Gasteiger partial charge in [0.15, 0.2) is 0 Å². The van der Waals surface area contributed by atoms with Crippen molar-refractivity contribution in [2.75, 3.05) is 0 Å². The number of hydrogen-bond acceptors (Lipinski definition) is 3. The number of imidazole rings is 1. The number of aryl methyl sites for hydroxylation is 3. The first-order chi connectivity index (χ1) is 8.65. The highest BCUT2D eigenvalue weighted by atomic mass is 15.2. The molecule has 0 aliphatic heterocycles. The van der Waals surface area contributed by atoms with E-state index >= 15 is 0 Å². The summed E-state index contributed by atoms with van der Waals surface area (Å²) in [5.41, 5.74) is 3.95. The zero-order valence-electron chi connectivity index (χ0n) is 10.7. The van der Waals surface area contributed by atoms with Crippen molar-refractivity contribution in [1.82, 2.24) is 19.5 Å². The Bertz CT molecular complexity index is 707. The summed E-state index contributed by atoms with van der Waals surface area (Å²) in [6, 6.07) is 10.00. The Morgan fingerprint density at radius 1 is 0.889 bits per heavy atom. The molecule has 0 saturated carbocycles. The SMILES string of the molecule is Cc1cc(C)nc(-n2c(C)nc3ccccc32)n1. The number of nitrogens with zero attached hydrogens (tertiary/aromatic N) is 4. The Morgan fingerprint density at radius 3 is 2.28 bits per heavy atom. The van der Waals surface area contributed by atoms with Crippen LogP contribution in [0.1, 0.15) is 17.2 Å². The third kappa shape index (κ3) is 1.66. The van der Waals surface area contributed by atoms with Gasteiger partial charge in [-0.25, -0.2) is 15.0 Å². The predicted octanol–water partition coefficient (Wildman–Crippen LogP) is 2.74. The quantitative estimate of drug-likeness (QED) is 0.654.